The zero-order valence-corrected chi connectivity index (χ0v) is 15.5. The Kier molecular flexibility index (Phi) is 5.47. The molecule has 0 saturated heterocycles. The summed E-state index contributed by atoms with van der Waals surface area (Å²) in [5.41, 5.74) is 5.90. The molecule has 2 aromatic rings. The molecule has 1 N–H and O–H groups in total. The van der Waals surface area contributed by atoms with Gasteiger partial charge in [-0.05, 0) is 42.7 Å². The number of amides is 1. The van der Waals surface area contributed by atoms with Gasteiger partial charge in [0.15, 0.2) is 0 Å². The van der Waals surface area contributed by atoms with Crippen molar-refractivity contribution in [3.63, 3.8) is 0 Å². The van der Waals surface area contributed by atoms with Crippen molar-refractivity contribution in [1.29, 1.82) is 0 Å². The van der Waals surface area contributed by atoms with E-state index >= 15 is 0 Å². The van der Waals surface area contributed by atoms with Crippen LogP contribution in [-0.4, -0.2) is 12.1 Å². The molecule has 1 aliphatic heterocycles. The molecule has 0 aliphatic carbocycles. The quantitative estimate of drug-likeness (QED) is 0.815. The highest BCUT2D eigenvalue weighted by Gasteiger charge is 2.18. The van der Waals surface area contributed by atoms with Gasteiger partial charge in [-0.25, -0.2) is 0 Å². The predicted octanol–water partition coefficient (Wildman–Crippen LogP) is 5.18. The van der Waals surface area contributed by atoms with Crippen LogP contribution in [0.5, 0.6) is 0 Å². The monoisotopic (exact) mass is 344 g/mol. The molecule has 1 amide bonds. The number of allylic oxidation sites excluding steroid dienone is 2. The number of benzene rings is 2. The van der Waals surface area contributed by atoms with Gasteiger partial charge in [0.25, 0.3) is 5.91 Å². The first-order chi connectivity index (χ1) is 12.6. The van der Waals surface area contributed by atoms with E-state index in [1.165, 1.54) is 11.1 Å². The zero-order chi connectivity index (χ0) is 18.5. The number of hydrogen-bond donors (Lipinski definition) is 1. The fourth-order valence-corrected chi connectivity index (χ4v) is 2.97. The van der Waals surface area contributed by atoms with Crippen LogP contribution in [0, 0.1) is 12.8 Å². The molecule has 3 heteroatoms. The molecule has 0 radical (unpaired) electrons. The van der Waals surface area contributed by atoms with E-state index < -0.39 is 0 Å². The minimum atomic E-state index is -0.0875. The summed E-state index contributed by atoms with van der Waals surface area (Å²) in [6, 6.07) is 16.1. The molecule has 2 aromatic carbocycles. The summed E-state index contributed by atoms with van der Waals surface area (Å²) in [5.74, 6) is -0.141. The summed E-state index contributed by atoms with van der Waals surface area (Å²) < 4.78 is 0. The SMILES string of the molecule is CCc1ccc(NC(=O)C2=CC=C(c3ccccc3C)N=CC2C)cc1. The molecule has 0 fully saturated rings. The molecule has 1 heterocycles. The van der Waals surface area contributed by atoms with E-state index in [1.54, 1.807) is 0 Å². The van der Waals surface area contributed by atoms with E-state index in [9.17, 15) is 4.79 Å². The van der Waals surface area contributed by atoms with E-state index in [1.807, 2.05) is 61.7 Å². The average molecular weight is 344 g/mol. The van der Waals surface area contributed by atoms with Gasteiger partial charge in [-0.2, -0.15) is 0 Å². The number of anilines is 1. The Morgan fingerprint density at radius 1 is 1.08 bits per heavy atom. The fourth-order valence-electron chi connectivity index (χ4n) is 2.97. The van der Waals surface area contributed by atoms with Crippen molar-refractivity contribution >= 4 is 23.5 Å². The molecule has 1 atom stereocenters. The van der Waals surface area contributed by atoms with Gasteiger partial charge in [0, 0.05) is 29.0 Å². The van der Waals surface area contributed by atoms with Gasteiger partial charge in [-0.1, -0.05) is 56.3 Å². The van der Waals surface area contributed by atoms with Crippen molar-refractivity contribution in [2.75, 3.05) is 5.32 Å². The van der Waals surface area contributed by atoms with Gasteiger partial charge < -0.3 is 5.32 Å². The van der Waals surface area contributed by atoms with Crippen LogP contribution in [0.2, 0.25) is 0 Å². The number of nitrogens with one attached hydrogen (secondary N) is 1. The fraction of sp³-hybridized carbons (Fsp3) is 0.217. The third kappa shape index (κ3) is 3.99. The van der Waals surface area contributed by atoms with Crippen LogP contribution in [0.1, 0.15) is 30.5 Å². The number of hydrogen-bond acceptors (Lipinski definition) is 2. The highest BCUT2D eigenvalue weighted by atomic mass is 16.1. The Balaban J connectivity index is 1.83. The maximum Gasteiger partial charge on any atom is 0.252 e. The summed E-state index contributed by atoms with van der Waals surface area (Å²) in [5, 5.41) is 2.99. The van der Waals surface area contributed by atoms with Crippen LogP contribution in [0.15, 0.2) is 71.2 Å². The minimum absolute atomic E-state index is 0.0531. The summed E-state index contributed by atoms with van der Waals surface area (Å²) in [6.45, 7) is 6.17. The molecule has 0 saturated carbocycles. The van der Waals surface area contributed by atoms with Crippen LogP contribution >= 0.6 is 0 Å². The van der Waals surface area contributed by atoms with Gasteiger partial charge in [-0.3, -0.25) is 9.79 Å². The largest absolute Gasteiger partial charge is 0.322 e. The predicted molar refractivity (Wildman–Crippen MR) is 109 cm³/mol. The van der Waals surface area contributed by atoms with Gasteiger partial charge in [0.05, 0.1) is 5.70 Å². The first-order valence-electron chi connectivity index (χ1n) is 9.01. The summed E-state index contributed by atoms with van der Waals surface area (Å²) in [7, 11) is 0. The zero-order valence-electron chi connectivity index (χ0n) is 15.5. The molecule has 0 spiro atoms. The van der Waals surface area contributed by atoms with Crippen LogP contribution in [0.3, 0.4) is 0 Å². The molecule has 3 rings (SSSR count). The van der Waals surface area contributed by atoms with Crippen LogP contribution in [0.4, 0.5) is 5.69 Å². The lowest BCUT2D eigenvalue weighted by Gasteiger charge is -2.11. The standard InChI is InChI=1S/C23H24N2O/c1-4-18-9-11-19(12-10-18)25-23(26)21-13-14-22(24-15-17(21)3)20-8-6-5-7-16(20)2/h5-15,17H,4H2,1-3H3,(H,25,26). The Morgan fingerprint density at radius 2 is 1.81 bits per heavy atom. The van der Waals surface area contributed by atoms with Crippen LogP contribution in [0.25, 0.3) is 5.70 Å². The van der Waals surface area contributed by atoms with Crippen molar-refractivity contribution < 1.29 is 4.79 Å². The lowest BCUT2D eigenvalue weighted by Crippen LogP contribution is -2.19. The Hall–Kier alpha value is -2.94. The molecule has 1 aliphatic rings. The number of rotatable bonds is 4. The summed E-state index contributed by atoms with van der Waals surface area (Å²) in [4.78, 5) is 17.3. The minimum Gasteiger partial charge on any atom is -0.322 e. The van der Waals surface area contributed by atoms with Crippen molar-refractivity contribution in [2.45, 2.75) is 27.2 Å². The third-order valence-corrected chi connectivity index (χ3v) is 4.65. The molecule has 0 bridgehead atoms. The highest BCUT2D eigenvalue weighted by Crippen LogP contribution is 2.24. The second-order valence-corrected chi connectivity index (χ2v) is 6.56. The second-order valence-electron chi connectivity index (χ2n) is 6.56. The van der Waals surface area contributed by atoms with Crippen molar-refractivity contribution in [3.05, 3.63) is 82.9 Å². The Morgan fingerprint density at radius 3 is 2.50 bits per heavy atom. The van der Waals surface area contributed by atoms with E-state index in [0.717, 1.165) is 23.4 Å². The second kappa shape index (κ2) is 7.96. The van der Waals surface area contributed by atoms with Crippen molar-refractivity contribution in [1.82, 2.24) is 0 Å². The van der Waals surface area contributed by atoms with Gasteiger partial charge in [0.2, 0.25) is 0 Å². The van der Waals surface area contributed by atoms with E-state index in [-0.39, 0.29) is 11.8 Å². The lowest BCUT2D eigenvalue weighted by molar-refractivity contribution is -0.113. The lowest BCUT2D eigenvalue weighted by atomic mass is 10.0. The maximum absolute atomic E-state index is 12.7. The number of carbonyl (C=O) groups is 1. The van der Waals surface area contributed by atoms with E-state index in [2.05, 4.69) is 36.3 Å². The number of carbonyl (C=O) groups excluding carboxylic acids is 1. The van der Waals surface area contributed by atoms with E-state index in [4.69, 9.17) is 0 Å². The van der Waals surface area contributed by atoms with Gasteiger partial charge >= 0.3 is 0 Å². The number of aliphatic imine (C=N–C) groups is 1. The normalized spacial score (nSPS) is 16.5. The van der Waals surface area contributed by atoms with Gasteiger partial charge in [-0.15, -0.1) is 0 Å². The Labute approximate surface area is 155 Å². The topological polar surface area (TPSA) is 41.5 Å². The number of nitrogens with zero attached hydrogens (tertiary/aromatic N) is 1. The maximum atomic E-state index is 12.7. The molecule has 132 valence electrons. The average Bonchev–Trinajstić information content (AvgIpc) is 2.84. The van der Waals surface area contributed by atoms with Gasteiger partial charge in [0.1, 0.15) is 0 Å². The molecule has 26 heavy (non-hydrogen) atoms. The third-order valence-electron chi connectivity index (χ3n) is 4.65. The van der Waals surface area contributed by atoms with E-state index in [0.29, 0.717) is 5.57 Å². The molecular weight excluding hydrogens is 320 g/mol. The first kappa shape index (κ1) is 17.9. The van der Waals surface area contributed by atoms with Crippen LogP contribution in [-0.2, 0) is 11.2 Å². The van der Waals surface area contributed by atoms with Crippen molar-refractivity contribution in [3.8, 4) is 0 Å². The Bertz CT molecular complexity index is 889. The molecule has 3 nitrogen and oxygen atoms in total. The molecule has 0 aromatic heterocycles. The molecule has 1 unspecified atom stereocenters. The smallest absolute Gasteiger partial charge is 0.252 e. The van der Waals surface area contributed by atoms with Crippen LogP contribution < -0.4 is 5.32 Å². The first-order valence-corrected chi connectivity index (χ1v) is 9.01. The summed E-state index contributed by atoms with van der Waals surface area (Å²) >= 11 is 0. The summed E-state index contributed by atoms with van der Waals surface area (Å²) in [6.07, 6.45) is 6.64. The van der Waals surface area contributed by atoms with Crippen molar-refractivity contribution in [2.24, 2.45) is 10.9 Å². The highest BCUT2D eigenvalue weighted by molar-refractivity contribution is 6.07. The molecular formula is C23H24N2O. The number of aryl methyl sites for hydroxylation is 2.